The van der Waals surface area contributed by atoms with E-state index < -0.39 is 35.4 Å². The Balaban J connectivity index is 1.55. The van der Waals surface area contributed by atoms with Gasteiger partial charge in [0.2, 0.25) is 11.7 Å². The summed E-state index contributed by atoms with van der Waals surface area (Å²) >= 11 is 0. The van der Waals surface area contributed by atoms with Crippen LogP contribution in [0.15, 0.2) is 30.6 Å². The van der Waals surface area contributed by atoms with Crippen molar-refractivity contribution in [1.82, 2.24) is 24.8 Å². The molecule has 0 radical (unpaired) electrons. The van der Waals surface area contributed by atoms with Crippen molar-refractivity contribution < 1.29 is 28.2 Å². The summed E-state index contributed by atoms with van der Waals surface area (Å²) in [5.41, 5.74) is -1.04. The van der Waals surface area contributed by atoms with Crippen LogP contribution in [0.3, 0.4) is 0 Å². The highest BCUT2D eigenvalue weighted by atomic mass is 19.4. The summed E-state index contributed by atoms with van der Waals surface area (Å²) in [6.07, 6.45) is -5.10. The first-order valence-corrected chi connectivity index (χ1v) is 10.8. The fourth-order valence-corrected chi connectivity index (χ4v) is 5.05. The van der Waals surface area contributed by atoms with Crippen LogP contribution in [0.2, 0.25) is 0 Å². The van der Waals surface area contributed by atoms with Crippen molar-refractivity contribution in [3.63, 3.8) is 0 Å². The third-order valence-electron chi connectivity index (χ3n) is 6.81. The fraction of sp³-hybridized carbons (Fsp3) is 0.391. The van der Waals surface area contributed by atoms with Crippen LogP contribution < -0.4 is 10.6 Å². The summed E-state index contributed by atoms with van der Waals surface area (Å²) in [4.78, 5) is 25.5. The topological polar surface area (TPSA) is 125 Å². The van der Waals surface area contributed by atoms with Gasteiger partial charge in [-0.05, 0) is 30.5 Å². The second-order valence-electron chi connectivity index (χ2n) is 8.65. The van der Waals surface area contributed by atoms with Crippen LogP contribution in [0.4, 0.5) is 19.0 Å². The zero-order chi connectivity index (χ0) is 25.1. The Morgan fingerprint density at radius 1 is 1.23 bits per heavy atom. The lowest BCUT2D eigenvalue weighted by atomic mass is 9.98. The molecule has 35 heavy (non-hydrogen) atoms. The van der Waals surface area contributed by atoms with Gasteiger partial charge in [0.05, 0.1) is 29.5 Å². The Kier molecular flexibility index (Phi) is 5.23. The van der Waals surface area contributed by atoms with Crippen LogP contribution in [-0.4, -0.2) is 61.9 Å². The van der Waals surface area contributed by atoms with E-state index in [1.54, 1.807) is 11.6 Å². The zero-order valence-corrected chi connectivity index (χ0v) is 18.6. The summed E-state index contributed by atoms with van der Waals surface area (Å²) in [7, 11) is 3.10. The molecule has 3 aromatic rings. The lowest BCUT2D eigenvalue weighted by Crippen LogP contribution is -2.41. The maximum absolute atomic E-state index is 13.0. The minimum atomic E-state index is -4.49. The molecule has 2 heterocycles. The minimum Gasteiger partial charge on any atom is -0.389 e. The average Bonchev–Trinajstić information content (AvgIpc) is 3.38. The first-order valence-electron chi connectivity index (χ1n) is 10.8. The van der Waals surface area contributed by atoms with Gasteiger partial charge in [-0.2, -0.15) is 13.2 Å². The number of benzene rings is 1. The van der Waals surface area contributed by atoms with E-state index in [9.17, 15) is 28.2 Å². The number of nitrogens with one attached hydrogen (secondary N) is 2. The molecule has 5 atom stereocenters. The summed E-state index contributed by atoms with van der Waals surface area (Å²) in [6.45, 7) is 0. The third-order valence-corrected chi connectivity index (χ3v) is 6.81. The predicted molar refractivity (Wildman–Crippen MR) is 118 cm³/mol. The third kappa shape index (κ3) is 3.50. The molecule has 2 saturated carbocycles. The molecular formula is C23H21F3N6O3. The highest BCUT2D eigenvalue weighted by Crippen LogP contribution is 2.67. The number of alkyl halides is 3. The highest BCUT2D eigenvalue weighted by molar-refractivity contribution is 5.88. The Morgan fingerprint density at radius 2 is 2.00 bits per heavy atom. The molecule has 2 unspecified atom stereocenters. The highest BCUT2D eigenvalue weighted by Gasteiger charge is 2.75. The fourth-order valence-electron chi connectivity index (χ4n) is 5.05. The van der Waals surface area contributed by atoms with Crippen molar-refractivity contribution in [3.8, 4) is 11.8 Å². The number of fused-ring (bicyclic) bond motifs is 2. The standard InChI is InChI=1S/C23H21F3N6O3/c1-27-19-15-20(31-14(30-19)7-6-11-4-3-5-12(8-11)23(24,25)26)32(10-29-15)16-13-9-22(13,21(35)28-2)18(34)17(16)33/h3-5,8,10,13,16-18,33-34H,9H2,1-2H3,(H,28,35)(H,27,30,31)/t13?,16-,17+,18+,22?/m1/s1. The second-order valence-corrected chi connectivity index (χ2v) is 8.65. The van der Waals surface area contributed by atoms with E-state index in [0.717, 1.165) is 12.1 Å². The predicted octanol–water partition coefficient (Wildman–Crippen LogP) is 1.32. The van der Waals surface area contributed by atoms with E-state index in [4.69, 9.17) is 0 Å². The van der Waals surface area contributed by atoms with Crippen LogP contribution in [0.1, 0.15) is 29.4 Å². The van der Waals surface area contributed by atoms with Crippen molar-refractivity contribution >= 4 is 22.9 Å². The average molecular weight is 486 g/mol. The van der Waals surface area contributed by atoms with Crippen molar-refractivity contribution in [3.05, 3.63) is 47.5 Å². The van der Waals surface area contributed by atoms with Gasteiger partial charge in [0.15, 0.2) is 17.0 Å². The summed E-state index contributed by atoms with van der Waals surface area (Å²) in [6, 6.07) is 3.97. The molecule has 0 saturated heterocycles. The van der Waals surface area contributed by atoms with E-state index in [1.807, 2.05) is 0 Å². The first-order chi connectivity index (χ1) is 16.6. The van der Waals surface area contributed by atoms with Gasteiger partial charge in [-0.15, -0.1) is 0 Å². The number of halogens is 3. The van der Waals surface area contributed by atoms with Gasteiger partial charge in [0, 0.05) is 25.6 Å². The minimum absolute atomic E-state index is 0.0300. The van der Waals surface area contributed by atoms with Crippen LogP contribution in [0.5, 0.6) is 0 Å². The van der Waals surface area contributed by atoms with Gasteiger partial charge in [-0.1, -0.05) is 12.0 Å². The zero-order valence-electron chi connectivity index (χ0n) is 18.6. The number of carbonyl (C=O) groups excluding carboxylic acids is 1. The van der Waals surface area contributed by atoms with Crippen molar-refractivity contribution in [2.75, 3.05) is 19.4 Å². The van der Waals surface area contributed by atoms with E-state index in [2.05, 4.69) is 37.4 Å². The van der Waals surface area contributed by atoms with Crippen molar-refractivity contribution in [1.29, 1.82) is 0 Å². The Hall–Kier alpha value is -3.69. The molecule has 2 aliphatic rings. The quantitative estimate of drug-likeness (QED) is 0.412. The lowest BCUT2D eigenvalue weighted by molar-refractivity contribution is -0.137. The number of imidazole rings is 1. The summed E-state index contributed by atoms with van der Waals surface area (Å²) < 4.78 is 40.6. The van der Waals surface area contributed by atoms with Crippen LogP contribution >= 0.6 is 0 Å². The number of nitrogens with zero attached hydrogens (tertiary/aromatic N) is 4. The molecule has 12 heteroatoms. The molecule has 2 aromatic heterocycles. The molecule has 2 aliphatic carbocycles. The molecule has 1 aromatic carbocycles. The van der Waals surface area contributed by atoms with Gasteiger partial charge in [-0.3, -0.25) is 4.79 Å². The number of anilines is 1. The van der Waals surface area contributed by atoms with Crippen molar-refractivity contribution in [2.45, 2.75) is 30.8 Å². The van der Waals surface area contributed by atoms with Gasteiger partial charge >= 0.3 is 6.18 Å². The molecule has 5 rings (SSSR count). The van der Waals surface area contributed by atoms with E-state index >= 15 is 0 Å². The Labute approximate surface area is 197 Å². The number of carbonyl (C=O) groups is 1. The van der Waals surface area contributed by atoms with Crippen LogP contribution in [-0.2, 0) is 11.0 Å². The van der Waals surface area contributed by atoms with Gasteiger partial charge < -0.3 is 25.4 Å². The number of aromatic nitrogens is 4. The smallest absolute Gasteiger partial charge is 0.389 e. The Bertz CT molecular complexity index is 1390. The second kappa shape index (κ2) is 7.93. The first kappa shape index (κ1) is 23.1. The number of aliphatic hydroxyl groups excluding tert-OH is 2. The molecular weight excluding hydrogens is 465 g/mol. The van der Waals surface area contributed by atoms with Gasteiger partial charge in [0.1, 0.15) is 6.10 Å². The number of aliphatic hydroxyl groups is 2. The van der Waals surface area contributed by atoms with Crippen molar-refractivity contribution in [2.24, 2.45) is 11.3 Å². The molecule has 2 fully saturated rings. The molecule has 9 nitrogen and oxygen atoms in total. The van der Waals surface area contributed by atoms with E-state index in [1.165, 1.54) is 25.5 Å². The number of hydrogen-bond donors (Lipinski definition) is 4. The maximum atomic E-state index is 13.0. The summed E-state index contributed by atoms with van der Waals surface area (Å²) in [5.74, 6) is 5.06. The number of hydrogen-bond acceptors (Lipinski definition) is 7. The molecule has 0 bridgehead atoms. The number of rotatable bonds is 3. The van der Waals surface area contributed by atoms with Crippen LogP contribution in [0, 0.1) is 23.2 Å². The normalized spacial score (nSPS) is 27.2. The molecule has 0 spiro atoms. The molecule has 0 aliphatic heterocycles. The van der Waals surface area contributed by atoms with E-state index in [0.29, 0.717) is 23.4 Å². The molecule has 1 amide bonds. The number of amides is 1. The summed E-state index contributed by atoms with van der Waals surface area (Å²) in [5, 5.41) is 26.9. The Morgan fingerprint density at radius 3 is 2.69 bits per heavy atom. The monoisotopic (exact) mass is 486 g/mol. The van der Waals surface area contributed by atoms with Gasteiger partial charge in [0.25, 0.3) is 0 Å². The van der Waals surface area contributed by atoms with E-state index in [-0.39, 0.29) is 23.2 Å². The van der Waals surface area contributed by atoms with Gasteiger partial charge in [-0.25, -0.2) is 15.0 Å². The van der Waals surface area contributed by atoms with Crippen LogP contribution in [0.25, 0.3) is 11.2 Å². The molecule has 182 valence electrons. The largest absolute Gasteiger partial charge is 0.416 e. The SMILES string of the molecule is CNC(=O)C12CC1[C@@H](n1cnc3c(NC)nc(C#Cc4cccc(C(F)(F)F)c4)nc31)[C@H](O)[C@@H]2O. The lowest BCUT2D eigenvalue weighted by Gasteiger charge is -2.23. The molecule has 4 N–H and O–H groups in total. The maximum Gasteiger partial charge on any atom is 0.416 e.